The first-order valence-electron chi connectivity index (χ1n) is 5.31. The minimum Gasteiger partial charge on any atom is -0.382 e. The van der Waals surface area contributed by atoms with Crippen LogP contribution in [0.15, 0.2) is 0 Å². The van der Waals surface area contributed by atoms with Crippen molar-refractivity contribution in [2.75, 3.05) is 44.4 Å². The number of ether oxygens (including phenoxy) is 1. The van der Waals surface area contributed by atoms with Crippen LogP contribution in [0.4, 0.5) is 0 Å². The lowest BCUT2D eigenvalue weighted by atomic mass is 10.3. The maximum Gasteiger partial charge on any atom is 0.0466 e. The van der Waals surface area contributed by atoms with E-state index in [1.165, 1.54) is 44.0 Å². The van der Waals surface area contributed by atoms with E-state index in [4.69, 9.17) is 4.74 Å². The summed E-state index contributed by atoms with van der Waals surface area (Å²) in [5, 5.41) is 0. The molecule has 1 aliphatic rings. The van der Waals surface area contributed by atoms with Gasteiger partial charge in [0.2, 0.25) is 0 Å². The van der Waals surface area contributed by atoms with Crippen molar-refractivity contribution in [3.63, 3.8) is 0 Å². The van der Waals surface area contributed by atoms with E-state index in [1.807, 2.05) is 0 Å². The summed E-state index contributed by atoms with van der Waals surface area (Å²) in [5.41, 5.74) is 0. The Hall–Kier alpha value is 0.270. The fraction of sp³-hybridized carbons (Fsp3) is 1.00. The SMILES string of the molecule is CCOCCCCN1CCSCC1. The summed E-state index contributed by atoms with van der Waals surface area (Å²) in [4.78, 5) is 2.57. The van der Waals surface area contributed by atoms with Gasteiger partial charge in [-0.3, -0.25) is 0 Å². The number of nitrogens with zero attached hydrogens (tertiary/aromatic N) is 1. The van der Waals surface area contributed by atoms with Crippen LogP contribution in [0, 0.1) is 0 Å². The van der Waals surface area contributed by atoms with Crippen molar-refractivity contribution < 1.29 is 4.74 Å². The van der Waals surface area contributed by atoms with Gasteiger partial charge in [0.15, 0.2) is 0 Å². The van der Waals surface area contributed by atoms with Crippen molar-refractivity contribution in [2.24, 2.45) is 0 Å². The fourth-order valence-electron chi connectivity index (χ4n) is 1.51. The van der Waals surface area contributed by atoms with E-state index in [1.54, 1.807) is 0 Å². The molecule has 0 aromatic rings. The molecule has 1 rings (SSSR count). The lowest BCUT2D eigenvalue weighted by molar-refractivity contribution is 0.139. The van der Waals surface area contributed by atoms with E-state index in [0.717, 1.165) is 13.2 Å². The first kappa shape index (κ1) is 11.3. The Morgan fingerprint density at radius 2 is 2.00 bits per heavy atom. The van der Waals surface area contributed by atoms with E-state index in [0.29, 0.717) is 0 Å². The van der Waals surface area contributed by atoms with E-state index in [2.05, 4.69) is 23.6 Å². The van der Waals surface area contributed by atoms with Gasteiger partial charge in [0.25, 0.3) is 0 Å². The van der Waals surface area contributed by atoms with Crippen LogP contribution in [0.3, 0.4) is 0 Å². The van der Waals surface area contributed by atoms with E-state index in [-0.39, 0.29) is 0 Å². The van der Waals surface area contributed by atoms with Crippen LogP contribution >= 0.6 is 11.8 Å². The highest BCUT2D eigenvalue weighted by atomic mass is 32.2. The minimum atomic E-state index is 0.861. The Bertz CT molecular complexity index is 115. The standard InChI is InChI=1S/C10H21NOS/c1-2-12-8-4-3-5-11-6-9-13-10-7-11/h2-10H2,1H3. The number of unbranched alkanes of at least 4 members (excludes halogenated alkanes) is 1. The zero-order chi connectivity index (χ0) is 9.36. The van der Waals surface area contributed by atoms with Crippen LogP contribution < -0.4 is 0 Å². The predicted octanol–water partition coefficient (Wildman–Crippen LogP) is 1.85. The molecule has 0 unspecified atom stereocenters. The highest BCUT2D eigenvalue weighted by molar-refractivity contribution is 7.99. The third kappa shape index (κ3) is 5.55. The average molecular weight is 203 g/mol. The summed E-state index contributed by atoms with van der Waals surface area (Å²) >= 11 is 2.08. The molecule has 0 aromatic heterocycles. The molecule has 0 amide bonds. The molecule has 0 aromatic carbocycles. The van der Waals surface area contributed by atoms with Gasteiger partial charge in [0.1, 0.15) is 0 Å². The molecule has 0 N–H and O–H groups in total. The molecule has 0 radical (unpaired) electrons. The minimum absolute atomic E-state index is 0.861. The predicted molar refractivity (Wildman–Crippen MR) is 59.5 cm³/mol. The Kier molecular flexibility index (Phi) is 6.68. The summed E-state index contributed by atoms with van der Waals surface area (Å²) in [6, 6.07) is 0. The molecule has 1 heterocycles. The van der Waals surface area contributed by atoms with Gasteiger partial charge >= 0.3 is 0 Å². The molecule has 78 valence electrons. The first-order valence-corrected chi connectivity index (χ1v) is 6.47. The third-order valence-electron chi connectivity index (χ3n) is 2.32. The van der Waals surface area contributed by atoms with Crippen molar-refractivity contribution in [1.29, 1.82) is 0 Å². The topological polar surface area (TPSA) is 12.5 Å². The normalized spacial score (nSPS) is 19.2. The number of rotatable bonds is 6. The average Bonchev–Trinajstić information content (AvgIpc) is 2.19. The summed E-state index contributed by atoms with van der Waals surface area (Å²) in [5.74, 6) is 2.65. The van der Waals surface area contributed by atoms with E-state index in [9.17, 15) is 0 Å². The molecule has 0 saturated carbocycles. The van der Waals surface area contributed by atoms with E-state index >= 15 is 0 Å². The maximum absolute atomic E-state index is 5.30. The van der Waals surface area contributed by atoms with Crippen LogP contribution in [-0.2, 0) is 4.74 Å². The molecular formula is C10H21NOS. The lowest BCUT2D eigenvalue weighted by Crippen LogP contribution is -2.33. The zero-order valence-electron chi connectivity index (χ0n) is 8.63. The van der Waals surface area contributed by atoms with Gasteiger partial charge in [0, 0.05) is 37.8 Å². The summed E-state index contributed by atoms with van der Waals surface area (Å²) in [6.45, 7) is 7.72. The lowest BCUT2D eigenvalue weighted by Gasteiger charge is -2.25. The largest absolute Gasteiger partial charge is 0.382 e. The molecule has 13 heavy (non-hydrogen) atoms. The smallest absolute Gasteiger partial charge is 0.0466 e. The first-order chi connectivity index (χ1) is 6.43. The summed E-state index contributed by atoms with van der Waals surface area (Å²) in [6.07, 6.45) is 2.52. The number of hydrogen-bond acceptors (Lipinski definition) is 3. The van der Waals surface area contributed by atoms with Crippen LogP contribution in [-0.4, -0.2) is 49.3 Å². The number of thioether (sulfide) groups is 1. The van der Waals surface area contributed by atoms with Gasteiger partial charge in [0.05, 0.1) is 0 Å². The molecular weight excluding hydrogens is 182 g/mol. The van der Waals surface area contributed by atoms with Gasteiger partial charge in [-0.2, -0.15) is 11.8 Å². The Labute approximate surface area is 86.0 Å². The van der Waals surface area contributed by atoms with E-state index < -0.39 is 0 Å². The second-order valence-corrected chi connectivity index (χ2v) is 4.58. The summed E-state index contributed by atoms with van der Waals surface area (Å²) in [7, 11) is 0. The zero-order valence-corrected chi connectivity index (χ0v) is 9.44. The molecule has 0 spiro atoms. The van der Waals surface area contributed by atoms with Crippen LogP contribution in [0.5, 0.6) is 0 Å². The van der Waals surface area contributed by atoms with Crippen LogP contribution in [0.25, 0.3) is 0 Å². The molecule has 3 heteroatoms. The van der Waals surface area contributed by atoms with Crippen molar-refractivity contribution in [2.45, 2.75) is 19.8 Å². The van der Waals surface area contributed by atoms with Crippen LogP contribution in [0.2, 0.25) is 0 Å². The molecule has 2 nitrogen and oxygen atoms in total. The molecule has 1 fully saturated rings. The van der Waals surface area contributed by atoms with Gasteiger partial charge in [-0.05, 0) is 26.3 Å². The van der Waals surface area contributed by atoms with Gasteiger partial charge < -0.3 is 9.64 Å². The quantitative estimate of drug-likeness (QED) is 0.611. The van der Waals surface area contributed by atoms with Gasteiger partial charge in [-0.15, -0.1) is 0 Å². The Morgan fingerprint density at radius 1 is 1.23 bits per heavy atom. The van der Waals surface area contributed by atoms with Crippen molar-refractivity contribution in [3.8, 4) is 0 Å². The van der Waals surface area contributed by atoms with Crippen molar-refractivity contribution in [1.82, 2.24) is 4.90 Å². The highest BCUT2D eigenvalue weighted by Crippen LogP contribution is 2.09. The third-order valence-corrected chi connectivity index (χ3v) is 3.26. The molecule has 0 atom stereocenters. The highest BCUT2D eigenvalue weighted by Gasteiger charge is 2.08. The second-order valence-electron chi connectivity index (χ2n) is 3.36. The molecule has 0 aliphatic carbocycles. The van der Waals surface area contributed by atoms with Gasteiger partial charge in [-0.1, -0.05) is 0 Å². The molecule has 0 bridgehead atoms. The van der Waals surface area contributed by atoms with Crippen molar-refractivity contribution >= 4 is 11.8 Å². The Balaban J connectivity index is 1.86. The maximum atomic E-state index is 5.30. The molecule has 1 aliphatic heterocycles. The van der Waals surface area contributed by atoms with Crippen LogP contribution in [0.1, 0.15) is 19.8 Å². The molecule has 1 saturated heterocycles. The fourth-order valence-corrected chi connectivity index (χ4v) is 2.49. The van der Waals surface area contributed by atoms with Gasteiger partial charge in [-0.25, -0.2) is 0 Å². The second kappa shape index (κ2) is 7.65. The Morgan fingerprint density at radius 3 is 2.69 bits per heavy atom. The monoisotopic (exact) mass is 203 g/mol. The summed E-state index contributed by atoms with van der Waals surface area (Å²) < 4.78 is 5.30. The number of hydrogen-bond donors (Lipinski definition) is 0. The van der Waals surface area contributed by atoms with Crippen molar-refractivity contribution in [3.05, 3.63) is 0 Å².